The highest BCUT2D eigenvalue weighted by Crippen LogP contribution is 2.37. The van der Waals surface area contributed by atoms with Gasteiger partial charge in [0, 0.05) is 6.42 Å². The second kappa shape index (κ2) is 10.5. The lowest BCUT2D eigenvalue weighted by atomic mass is 10.0. The number of sulfonamides is 1. The van der Waals surface area contributed by atoms with Crippen molar-refractivity contribution in [2.75, 3.05) is 17.1 Å². The van der Waals surface area contributed by atoms with E-state index in [1.165, 1.54) is 37.5 Å². The summed E-state index contributed by atoms with van der Waals surface area (Å²) in [6.45, 7) is 3.57. The van der Waals surface area contributed by atoms with Crippen LogP contribution in [0.25, 0.3) is 10.4 Å². The molecule has 1 aromatic carbocycles. The quantitative estimate of drug-likeness (QED) is 0.353. The third kappa shape index (κ3) is 5.94. The van der Waals surface area contributed by atoms with Crippen molar-refractivity contribution in [3.8, 4) is 16.2 Å². The molecule has 4 rings (SSSR count). The fourth-order valence-corrected chi connectivity index (χ4v) is 6.53. The molecule has 1 amide bonds. The molecule has 0 spiro atoms. The average molecular weight is 535 g/mol. The van der Waals surface area contributed by atoms with Crippen LogP contribution in [0.1, 0.15) is 43.4 Å². The summed E-state index contributed by atoms with van der Waals surface area (Å²) in [4.78, 5) is 21.7. The number of hydrogen-bond donors (Lipinski definition) is 2. The lowest BCUT2D eigenvalue weighted by Crippen LogP contribution is -2.14. The first-order valence-corrected chi connectivity index (χ1v) is 13.9. The second-order valence-corrected chi connectivity index (χ2v) is 11.6. The molecule has 1 aliphatic rings. The van der Waals surface area contributed by atoms with E-state index >= 15 is 0 Å². The Bertz CT molecular complexity index is 1350. The number of hydrogen-bond acceptors (Lipinski definition) is 7. The first-order valence-electron chi connectivity index (χ1n) is 11.3. The summed E-state index contributed by atoms with van der Waals surface area (Å²) < 4.78 is 34.3. The van der Waals surface area contributed by atoms with Crippen molar-refractivity contribution in [3.05, 3.63) is 46.9 Å². The molecule has 2 heterocycles. The van der Waals surface area contributed by atoms with Crippen molar-refractivity contribution < 1.29 is 17.9 Å². The van der Waals surface area contributed by atoms with E-state index in [-0.39, 0.29) is 16.6 Å². The van der Waals surface area contributed by atoms with Crippen molar-refractivity contribution >= 4 is 49.7 Å². The van der Waals surface area contributed by atoms with Crippen molar-refractivity contribution in [1.82, 2.24) is 9.97 Å². The van der Waals surface area contributed by atoms with E-state index in [0.29, 0.717) is 45.1 Å². The molecule has 2 N–H and O–H groups in total. The van der Waals surface area contributed by atoms with E-state index in [1.54, 1.807) is 31.2 Å². The summed E-state index contributed by atoms with van der Waals surface area (Å²) in [6.07, 6.45) is 6.42. The predicted octanol–water partition coefficient (Wildman–Crippen LogP) is 5.80. The molecule has 0 saturated heterocycles. The smallest absolute Gasteiger partial charge is 0.265 e. The van der Waals surface area contributed by atoms with Gasteiger partial charge in [0.05, 0.1) is 29.6 Å². The molecular formula is C24H27ClN4O4S2. The summed E-state index contributed by atoms with van der Waals surface area (Å²) in [5, 5.41) is 3.71. The molecule has 11 heteroatoms. The SMILES string of the molecule is COc1ccc(-c2sc(NC(=O)CC3CCCC3)nc2C)cc1S(=O)(=O)Nc1cnc(Cl)c(C)c1. The Morgan fingerprint density at radius 2 is 1.97 bits per heavy atom. The molecule has 3 aromatic rings. The summed E-state index contributed by atoms with van der Waals surface area (Å²) in [7, 11) is -2.58. The minimum Gasteiger partial charge on any atom is -0.495 e. The van der Waals surface area contributed by atoms with Gasteiger partial charge in [0.15, 0.2) is 5.13 Å². The Hall–Kier alpha value is -2.69. The van der Waals surface area contributed by atoms with Crippen LogP contribution in [-0.2, 0) is 14.8 Å². The minimum absolute atomic E-state index is 0.0234. The molecule has 0 radical (unpaired) electrons. The van der Waals surface area contributed by atoms with Gasteiger partial charge in [-0.25, -0.2) is 18.4 Å². The number of benzene rings is 1. The zero-order chi connectivity index (χ0) is 25.2. The van der Waals surface area contributed by atoms with E-state index in [1.807, 2.05) is 6.92 Å². The number of aromatic nitrogens is 2. The number of nitrogens with one attached hydrogen (secondary N) is 2. The van der Waals surface area contributed by atoms with Gasteiger partial charge in [-0.1, -0.05) is 35.8 Å². The van der Waals surface area contributed by atoms with Gasteiger partial charge >= 0.3 is 0 Å². The van der Waals surface area contributed by atoms with Gasteiger partial charge in [-0.05, 0) is 68.0 Å². The standard InChI is InChI=1S/C24H27ClN4O4S2/c1-14-10-18(13-26-23(14)25)29-35(31,32)20-12-17(8-9-19(20)33-3)22-15(2)27-24(34-22)28-21(30)11-16-6-4-5-7-16/h8-10,12-13,16,29H,4-7,11H2,1-3H3,(H,27,28,30). The monoisotopic (exact) mass is 534 g/mol. The van der Waals surface area contributed by atoms with Crippen LogP contribution in [0, 0.1) is 19.8 Å². The fourth-order valence-electron chi connectivity index (χ4n) is 4.22. The Morgan fingerprint density at radius 1 is 1.23 bits per heavy atom. The van der Waals surface area contributed by atoms with Crippen LogP contribution in [0.2, 0.25) is 5.15 Å². The van der Waals surface area contributed by atoms with Crippen molar-refractivity contribution in [2.24, 2.45) is 5.92 Å². The van der Waals surface area contributed by atoms with Gasteiger partial charge in [0.1, 0.15) is 15.8 Å². The minimum atomic E-state index is -4.00. The average Bonchev–Trinajstić information content (AvgIpc) is 3.45. The number of halogens is 1. The first-order chi connectivity index (χ1) is 16.7. The topological polar surface area (TPSA) is 110 Å². The number of nitrogens with zero attached hydrogens (tertiary/aromatic N) is 2. The summed E-state index contributed by atoms with van der Waals surface area (Å²) >= 11 is 7.27. The number of anilines is 2. The molecule has 0 bridgehead atoms. The fraction of sp³-hybridized carbons (Fsp3) is 0.375. The molecule has 186 valence electrons. The zero-order valence-corrected chi connectivity index (χ0v) is 22.1. The number of aryl methyl sites for hydroxylation is 2. The highest BCUT2D eigenvalue weighted by Gasteiger charge is 2.23. The van der Waals surface area contributed by atoms with Crippen LogP contribution in [-0.4, -0.2) is 31.4 Å². The van der Waals surface area contributed by atoms with Gasteiger partial charge < -0.3 is 10.1 Å². The Balaban J connectivity index is 1.59. The van der Waals surface area contributed by atoms with E-state index in [4.69, 9.17) is 16.3 Å². The number of thiazole rings is 1. The van der Waals surface area contributed by atoms with Gasteiger partial charge in [-0.15, -0.1) is 0 Å². The molecule has 2 aromatic heterocycles. The number of pyridine rings is 1. The molecule has 1 saturated carbocycles. The van der Waals surface area contributed by atoms with Crippen LogP contribution in [0.5, 0.6) is 5.75 Å². The van der Waals surface area contributed by atoms with Crippen LogP contribution in [0.3, 0.4) is 0 Å². The number of ether oxygens (including phenoxy) is 1. The molecular weight excluding hydrogens is 508 g/mol. The van der Waals surface area contributed by atoms with E-state index in [0.717, 1.165) is 17.7 Å². The number of carbonyl (C=O) groups excluding carboxylic acids is 1. The summed E-state index contributed by atoms with van der Waals surface area (Å²) in [5.74, 6) is 0.607. The Kier molecular flexibility index (Phi) is 7.63. The van der Waals surface area contributed by atoms with Crippen molar-refractivity contribution in [2.45, 2.75) is 50.8 Å². The largest absolute Gasteiger partial charge is 0.495 e. The maximum Gasteiger partial charge on any atom is 0.265 e. The maximum absolute atomic E-state index is 13.2. The van der Waals surface area contributed by atoms with Gasteiger partial charge in [-0.3, -0.25) is 9.52 Å². The zero-order valence-electron chi connectivity index (χ0n) is 19.7. The molecule has 1 aliphatic carbocycles. The molecule has 35 heavy (non-hydrogen) atoms. The van der Waals surface area contributed by atoms with Crippen LogP contribution in [0.4, 0.5) is 10.8 Å². The lowest BCUT2D eigenvalue weighted by Gasteiger charge is -2.13. The maximum atomic E-state index is 13.2. The lowest BCUT2D eigenvalue weighted by molar-refractivity contribution is -0.117. The third-order valence-corrected chi connectivity index (χ3v) is 8.89. The van der Waals surface area contributed by atoms with Gasteiger partial charge in [0.2, 0.25) is 5.91 Å². The molecule has 0 unspecified atom stereocenters. The number of rotatable bonds is 8. The third-order valence-electron chi connectivity index (χ3n) is 5.97. The number of amides is 1. The second-order valence-electron chi connectivity index (χ2n) is 8.64. The normalized spacial score (nSPS) is 14.2. The highest BCUT2D eigenvalue weighted by atomic mass is 35.5. The Morgan fingerprint density at radius 3 is 2.66 bits per heavy atom. The van der Waals surface area contributed by atoms with Gasteiger partial charge in [0.25, 0.3) is 10.0 Å². The van der Waals surface area contributed by atoms with E-state index in [2.05, 4.69) is 20.0 Å². The molecule has 0 atom stereocenters. The highest BCUT2D eigenvalue weighted by molar-refractivity contribution is 7.92. The van der Waals surface area contributed by atoms with Crippen LogP contribution >= 0.6 is 22.9 Å². The number of methoxy groups -OCH3 is 1. The number of carbonyl (C=O) groups is 1. The summed E-state index contributed by atoms with van der Waals surface area (Å²) in [6, 6.07) is 6.53. The van der Waals surface area contributed by atoms with E-state index < -0.39 is 10.0 Å². The van der Waals surface area contributed by atoms with Crippen molar-refractivity contribution in [3.63, 3.8) is 0 Å². The van der Waals surface area contributed by atoms with Crippen LogP contribution < -0.4 is 14.8 Å². The molecule has 8 nitrogen and oxygen atoms in total. The van der Waals surface area contributed by atoms with Crippen molar-refractivity contribution in [1.29, 1.82) is 0 Å². The Labute approximate surface area is 214 Å². The van der Waals surface area contributed by atoms with Gasteiger partial charge in [-0.2, -0.15) is 0 Å². The summed E-state index contributed by atoms with van der Waals surface area (Å²) in [5.41, 5.74) is 2.30. The van der Waals surface area contributed by atoms with Crippen LogP contribution in [0.15, 0.2) is 35.4 Å². The predicted molar refractivity (Wildman–Crippen MR) is 139 cm³/mol. The molecule has 0 aliphatic heterocycles. The molecule has 1 fully saturated rings. The first kappa shape index (κ1) is 25.4. The van der Waals surface area contributed by atoms with E-state index in [9.17, 15) is 13.2 Å².